The van der Waals surface area contributed by atoms with E-state index in [1.807, 2.05) is 19.2 Å². The number of guanidine groups is 1. The van der Waals surface area contributed by atoms with Crippen LogP contribution in [0, 0.1) is 30.6 Å². The van der Waals surface area contributed by atoms with Crippen LogP contribution in [0.2, 0.25) is 0 Å². The average molecular weight is 509 g/mol. The number of likely N-dealkylation sites (tertiary alicyclic amines) is 1. The number of carbonyl (C=O) groups is 2. The van der Waals surface area contributed by atoms with Crippen molar-refractivity contribution >= 4 is 41.8 Å². The van der Waals surface area contributed by atoms with E-state index in [1.54, 1.807) is 7.05 Å². The van der Waals surface area contributed by atoms with Crippen molar-refractivity contribution in [3.8, 4) is 0 Å². The highest BCUT2D eigenvalue weighted by Gasteiger charge is 2.58. The molecule has 2 fully saturated rings. The summed E-state index contributed by atoms with van der Waals surface area (Å²) in [5.41, 5.74) is 2.17. The van der Waals surface area contributed by atoms with Crippen molar-refractivity contribution in [2.45, 2.75) is 19.8 Å². The lowest BCUT2D eigenvalue weighted by Gasteiger charge is -2.18. The number of nitrogens with one attached hydrogen (secondary N) is 2. The Balaban J connectivity index is 0.00000240. The van der Waals surface area contributed by atoms with Crippen molar-refractivity contribution in [3.63, 3.8) is 0 Å². The van der Waals surface area contributed by atoms with E-state index in [0.717, 1.165) is 30.6 Å². The van der Waals surface area contributed by atoms with Crippen molar-refractivity contribution < 1.29 is 9.59 Å². The number of amides is 2. The summed E-state index contributed by atoms with van der Waals surface area (Å²) < 4.78 is 0. The van der Waals surface area contributed by atoms with E-state index in [1.165, 1.54) is 4.90 Å². The fourth-order valence-electron chi connectivity index (χ4n) is 4.66. The van der Waals surface area contributed by atoms with Gasteiger partial charge in [0.05, 0.1) is 11.8 Å². The summed E-state index contributed by atoms with van der Waals surface area (Å²) in [6.45, 7) is 3.57. The van der Waals surface area contributed by atoms with Gasteiger partial charge in [-0.1, -0.05) is 18.2 Å². The minimum atomic E-state index is -0.122. The van der Waals surface area contributed by atoms with Crippen molar-refractivity contribution in [2.24, 2.45) is 28.7 Å². The summed E-state index contributed by atoms with van der Waals surface area (Å²) in [5, 5.41) is 6.46. The zero-order valence-corrected chi connectivity index (χ0v) is 19.1. The van der Waals surface area contributed by atoms with Gasteiger partial charge < -0.3 is 10.6 Å². The number of fused-ring (bicyclic) bond motifs is 5. The van der Waals surface area contributed by atoms with Crippen molar-refractivity contribution in [2.75, 3.05) is 26.7 Å². The number of carbonyl (C=O) groups excluding carboxylic acids is 2. The molecule has 4 rings (SSSR count). The smallest absolute Gasteiger partial charge is 0.233 e. The molecule has 1 aromatic heterocycles. The minimum Gasteiger partial charge on any atom is -0.356 e. The van der Waals surface area contributed by atoms with E-state index in [-0.39, 0.29) is 59.5 Å². The molecular weight excluding hydrogens is 481 g/mol. The van der Waals surface area contributed by atoms with Crippen molar-refractivity contribution in [1.29, 1.82) is 0 Å². The minimum absolute atomic E-state index is 0. The molecule has 3 aliphatic rings. The van der Waals surface area contributed by atoms with Gasteiger partial charge in [0.1, 0.15) is 0 Å². The first kappa shape index (κ1) is 21.7. The number of pyridine rings is 1. The predicted octanol–water partition coefficient (Wildman–Crippen LogP) is 1.52. The van der Waals surface area contributed by atoms with Crippen LogP contribution in [0.5, 0.6) is 0 Å². The zero-order valence-electron chi connectivity index (χ0n) is 16.8. The second-order valence-electron chi connectivity index (χ2n) is 7.81. The van der Waals surface area contributed by atoms with Gasteiger partial charge in [-0.15, -0.1) is 24.0 Å². The molecule has 1 saturated carbocycles. The Morgan fingerprint density at radius 2 is 1.79 bits per heavy atom. The number of hydrogen-bond acceptors (Lipinski definition) is 4. The van der Waals surface area contributed by atoms with E-state index in [0.29, 0.717) is 19.0 Å². The zero-order chi connectivity index (χ0) is 19.7. The fourth-order valence-corrected chi connectivity index (χ4v) is 4.66. The molecule has 4 unspecified atom stereocenters. The first-order valence-corrected chi connectivity index (χ1v) is 9.98. The van der Waals surface area contributed by atoms with Gasteiger partial charge in [-0.25, -0.2) is 0 Å². The Labute approximate surface area is 188 Å². The van der Waals surface area contributed by atoms with Crippen LogP contribution < -0.4 is 10.6 Å². The maximum Gasteiger partial charge on any atom is 0.233 e. The molecule has 2 bridgehead atoms. The quantitative estimate of drug-likeness (QED) is 0.200. The lowest BCUT2D eigenvalue weighted by molar-refractivity contribution is -0.140. The second kappa shape index (κ2) is 9.23. The van der Waals surface area contributed by atoms with Crippen LogP contribution in [-0.2, 0) is 16.0 Å². The molecule has 1 aliphatic heterocycles. The maximum absolute atomic E-state index is 12.7. The SMILES string of the molecule is CN=C(NCCc1ccc(C)nc1)NCCN1C(=O)C2C3C=CC(C3)C2C1=O.I. The summed E-state index contributed by atoms with van der Waals surface area (Å²) in [4.78, 5) is 35.3. The van der Waals surface area contributed by atoms with Crippen LogP contribution >= 0.6 is 24.0 Å². The maximum atomic E-state index is 12.7. The topological polar surface area (TPSA) is 86.7 Å². The Morgan fingerprint density at radius 3 is 2.38 bits per heavy atom. The van der Waals surface area contributed by atoms with Gasteiger partial charge in [0.15, 0.2) is 5.96 Å². The van der Waals surface area contributed by atoms with Gasteiger partial charge in [-0.3, -0.25) is 24.5 Å². The number of aryl methyl sites for hydroxylation is 1. The van der Waals surface area contributed by atoms with Crippen molar-refractivity contribution in [3.05, 3.63) is 41.7 Å². The van der Waals surface area contributed by atoms with Crippen LogP contribution in [0.4, 0.5) is 0 Å². The molecule has 29 heavy (non-hydrogen) atoms. The molecule has 2 amide bonds. The summed E-state index contributed by atoms with van der Waals surface area (Å²) >= 11 is 0. The number of halogens is 1. The fraction of sp³-hybridized carbons (Fsp3) is 0.524. The molecule has 0 radical (unpaired) electrons. The van der Waals surface area contributed by atoms with Gasteiger partial charge >= 0.3 is 0 Å². The van der Waals surface area contributed by atoms with E-state index in [9.17, 15) is 9.59 Å². The highest BCUT2D eigenvalue weighted by molar-refractivity contribution is 14.0. The number of rotatable bonds is 6. The molecular formula is C21H28IN5O2. The van der Waals surface area contributed by atoms with Gasteiger partial charge in [0.25, 0.3) is 0 Å². The van der Waals surface area contributed by atoms with E-state index < -0.39 is 0 Å². The third-order valence-corrected chi connectivity index (χ3v) is 6.09. The summed E-state index contributed by atoms with van der Waals surface area (Å²) in [5.74, 6) is 0.948. The standard InChI is InChI=1S/C21H27N5O2.HI/c1-13-3-4-14(12-25-13)7-8-23-21(22-2)24-9-10-26-19(27)17-15-5-6-16(11-15)18(17)20(26)28;/h3-6,12,15-18H,7-11H2,1-2H3,(H2,22,23,24);1H. The predicted molar refractivity (Wildman–Crippen MR) is 122 cm³/mol. The van der Waals surface area contributed by atoms with Crippen molar-refractivity contribution in [1.82, 2.24) is 20.5 Å². The first-order valence-electron chi connectivity index (χ1n) is 9.98. The Morgan fingerprint density at radius 1 is 1.14 bits per heavy atom. The molecule has 2 N–H and O–H groups in total. The molecule has 4 atom stereocenters. The third-order valence-electron chi connectivity index (χ3n) is 6.09. The number of nitrogens with zero attached hydrogens (tertiary/aromatic N) is 3. The van der Waals surface area contributed by atoms with Crippen LogP contribution in [0.25, 0.3) is 0 Å². The molecule has 1 saturated heterocycles. The molecule has 2 heterocycles. The average Bonchev–Trinajstić information content (AvgIpc) is 3.37. The number of aromatic nitrogens is 1. The highest BCUT2D eigenvalue weighted by atomic mass is 127. The molecule has 8 heteroatoms. The molecule has 0 spiro atoms. The monoisotopic (exact) mass is 509 g/mol. The van der Waals surface area contributed by atoms with Crippen LogP contribution in [0.1, 0.15) is 17.7 Å². The summed E-state index contributed by atoms with van der Waals surface area (Å²) in [6, 6.07) is 4.08. The number of allylic oxidation sites excluding steroid dienone is 2. The van der Waals surface area contributed by atoms with Crippen LogP contribution in [0.3, 0.4) is 0 Å². The number of imide groups is 1. The molecule has 1 aromatic rings. The second-order valence-corrected chi connectivity index (χ2v) is 7.81. The van der Waals surface area contributed by atoms with Gasteiger partial charge in [0, 0.05) is 38.6 Å². The van der Waals surface area contributed by atoms with Crippen LogP contribution in [-0.4, -0.2) is 54.3 Å². The first-order chi connectivity index (χ1) is 13.6. The summed E-state index contributed by atoms with van der Waals surface area (Å²) in [7, 11) is 1.71. The molecule has 7 nitrogen and oxygen atoms in total. The van der Waals surface area contributed by atoms with E-state index in [2.05, 4.69) is 38.8 Å². The Kier molecular flexibility index (Phi) is 6.92. The Bertz CT molecular complexity index is 793. The Hall–Kier alpha value is -1.97. The van der Waals surface area contributed by atoms with Gasteiger partial charge in [-0.2, -0.15) is 0 Å². The lowest BCUT2D eigenvalue weighted by atomic mass is 9.85. The highest BCUT2D eigenvalue weighted by Crippen LogP contribution is 2.52. The van der Waals surface area contributed by atoms with Gasteiger partial charge in [0.2, 0.25) is 11.8 Å². The number of hydrogen-bond donors (Lipinski definition) is 2. The van der Waals surface area contributed by atoms with Crippen LogP contribution in [0.15, 0.2) is 35.5 Å². The molecule has 0 aromatic carbocycles. The lowest BCUT2D eigenvalue weighted by Crippen LogP contribution is -2.44. The third kappa shape index (κ3) is 4.31. The normalized spacial score (nSPS) is 27.2. The van der Waals surface area contributed by atoms with E-state index in [4.69, 9.17) is 0 Å². The van der Waals surface area contributed by atoms with Gasteiger partial charge in [-0.05, 0) is 43.2 Å². The summed E-state index contributed by atoms with van der Waals surface area (Å²) in [6.07, 6.45) is 7.93. The van der Waals surface area contributed by atoms with E-state index >= 15 is 0 Å². The molecule has 156 valence electrons. The molecule has 2 aliphatic carbocycles. The number of aliphatic imine (C=N–C) groups is 1. The largest absolute Gasteiger partial charge is 0.356 e.